The molecule has 0 bridgehead atoms. The van der Waals surface area contributed by atoms with Crippen molar-refractivity contribution in [2.24, 2.45) is 5.41 Å². The lowest BCUT2D eigenvalue weighted by atomic mass is 9.93. The van der Waals surface area contributed by atoms with Crippen molar-refractivity contribution in [3.63, 3.8) is 0 Å². The van der Waals surface area contributed by atoms with Crippen molar-refractivity contribution in [2.75, 3.05) is 13.6 Å². The predicted octanol–water partition coefficient (Wildman–Crippen LogP) is 0.497. The van der Waals surface area contributed by atoms with E-state index in [1.54, 1.807) is 13.8 Å². The van der Waals surface area contributed by atoms with Crippen molar-refractivity contribution in [3.05, 3.63) is 16.3 Å². The first-order valence-corrected chi connectivity index (χ1v) is 8.00. The number of amides is 1. The van der Waals surface area contributed by atoms with E-state index in [1.165, 1.54) is 12.4 Å². The maximum atomic E-state index is 12.0. The molecule has 0 saturated heterocycles. The summed E-state index contributed by atoms with van der Waals surface area (Å²) in [6.07, 6.45) is 0. The first-order chi connectivity index (χ1) is 9.10. The van der Waals surface area contributed by atoms with Crippen molar-refractivity contribution in [1.82, 2.24) is 10.0 Å². The van der Waals surface area contributed by atoms with E-state index >= 15 is 0 Å². The monoisotopic (exact) mass is 320 g/mol. The second-order valence-corrected chi connectivity index (χ2v) is 7.42. The Kier molecular flexibility index (Phi) is 4.90. The second kappa shape index (κ2) is 5.90. The summed E-state index contributed by atoms with van der Waals surface area (Å²) in [5.74, 6) is -1.47. The summed E-state index contributed by atoms with van der Waals surface area (Å²) in [5.41, 5.74) is -0.909. The van der Waals surface area contributed by atoms with E-state index in [9.17, 15) is 18.0 Å². The summed E-state index contributed by atoms with van der Waals surface area (Å²) >= 11 is 0.831. The minimum atomic E-state index is -3.83. The van der Waals surface area contributed by atoms with Gasteiger partial charge < -0.3 is 10.4 Å². The highest BCUT2D eigenvalue weighted by molar-refractivity contribution is 7.89. The lowest BCUT2D eigenvalue weighted by molar-refractivity contribution is -0.128. The number of rotatable bonds is 6. The molecule has 20 heavy (non-hydrogen) atoms. The van der Waals surface area contributed by atoms with Crippen LogP contribution in [0.4, 0.5) is 0 Å². The Hall–Kier alpha value is -1.45. The number of nitrogens with one attached hydrogen (secondary N) is 2. The molecular formula is C11H16N2O5S2. The molecule has 0 aliphatic carbocycles. The first kappa shape index (κ1) is 16.6. The van der Waals surface area contributed by atoms with Gasteiger partial charge in [0.1, 0.15) is 4.88 Å². The Morgan fingerprint density at radius 2 is 2.00 bits per heavy atom. The molecule has 0 fully saturated rings. The van der Waals surface area contributed by atoms with Crippen molar-refractivity contribution in [2.45, 2.75) is 18.7 Å². The molecular weight excluding hydrogens is 304 g/mol. The molecule has 1 heterocycles. The van der Waals surface area contributed by atoms with Crippen molar-refractivity contribution in [3.8, 4) is 0 Å². The average molecular weight is 320 g/mol. The molecule has 3 N–H and O–H groups in total. The van der Waals surface area contributed by atoms with E-state index in [0.717, 1.165) is 17.4 Å². The van der Waals surface area contributed by atoms with Gasteiger partial charge in [0, 0.05) is 19.0 Å². The molecule has 0 aliphatic heterocycles. The Morgan fingerprint density at radius 3 is 2.45 bits per heavy atom. The standard InChI is InChI=1S/C11H16N2O5S2/c1-11(2,10(16)12-3)6-13-20(17,18)7-4-8(9(14)15)19-5-7/h4-5,13H,6H2,1-3H3,(H,12,16)(H,14,15). The maximum Gasteiger partial charge on any atom is 0.345 e. The van der Waals surface area contributed by atoms with Gasteiger partial charge in [-0.3, -0.25) is 4.79 Å². The van der Waals surface area contributed by atoms with Crippen LogP contribution in [0.15, 0.2) is 16.3 Å². The van der Waals surface area contributed by atoms with E-state index in [2.05, 4.69) is 10.0 Å². The Balaban J connectivity index is 2.85. The van der Waals surface area contributed by atoms with E-state index in [-0.39, 0.29) is 22.2 Å². The molecule has 112 valence electrons. The number of thiophene rings is 1. The van der Waals surface area contributed by atoms with Crippen LogP contribution in [0.3, 0.4) is 0 Å². The van der Waals surface area contributed by atoms with Gasteiger partial charge in [-0.25, -0.2) is 17.9 Å². The third kappa shape index (κ3) is 3.78. The minimum Gasteiger partial charge on any atom is -0.477 e. The number of sulfonamides is 1. The largest absolute Gasteiger partial charge is 0.477 e. The number of carboxylic acids is 1. The number of carbonyl (C=O) groups is 2. The topological polar surface area (TPSA) is 113 Å². The van der Waals surface area contributed by atoms with Crippen LogP contribution in [0.1, 0.15) is 23.5 Å². The van der Waals surface area contributed by atoms with Gasteiger partial charge in [-0.05, 0) is 19.9 Å². The summed E-state index contributed by atoms with van der Waals surface area (Å²) in [6.45, 7) is 3.11. The fourth-order valence-corrected chi connectivity index (χ4v) is 3.67. The van der Waals surface area contributed by atoms with E-state index < -0.39 is 21.4 Å². The average Bonchev–Trinajstić information content (AvgIpc) is 2.86. The predicted molar refractivity (Wildman–Crippen MR) is 74.3 cm³/mol. The SMILES string of the molecule is CNC(=O)C(C)(C)CNS(=O)(=O)c1csc(C(=O)O)c1. The highest BCUT2D eigenvalue weighted by atomic mass is 32.2. The normalized spacial score (nSPS) is 12.2. The van der Waals surface area contributed by atoms with Crippen molar-refractivity contribution >= 4 is 33.2 Å². The first-order valence-electron chi connectivity index (χ1n) is 5.64. The van der Waals surface area contributed by atoms with E-state index in [1.807, 2.05) is 0 Å². The summed E-state index contributed by atoms with van der Waals surface area (Å²) in [6, 6.07) is 1.09. The van der Waals surface area contributed by atoms with Crippen LogP contribution in [-0.2, 0) is 14.8 Å². The number of hydrogen-bond acceptors (Lipinski definition) is 5. The molecule has 1 aromatic heterocycles. The third-order valence-electron chi connectivity index (χ3n) is 2.64. The zero-order valence-electron chi connectivity index (χ0n) is 11.3. The minimum absolute atomic E-state index is 0.0593. The number of carbonyl (C=O) groups excluding carboxylic acids is 1. The van der Waals surface area contributed by atoms with Gasteiger partial charge in [-0.2, -0.15) is 0 Å². The summed E-state index contributed by atoms with van der Waals surface area (Å²) in [7, 11) is -2.36. The highest BCUT2D eigenvalue weighted by Crippen LogP contribution is 2.20. The van der Waals surface area contributed by atoms with Gasteiger partial charge in [0.15, 0.2) is 0 Å². The zero-order valence-corrected chi connectivity index (χ0v) is 12.9. The van der Waals surface area contributed by atoms with Gasteiger partial charge in [-0.1, -0.05) is 0 Å². The smallest absolute Gasteiger partial charge is 0.345 e. The zero-order chi connectivity index (χ0) is 15.6. The quantitative estimate of drug-likeness (QED) is 0.706. The fourth-order valence-electron chi connectivity index (χ4n) is 1.35. The molecule has 1 rings (SSSR count). The molecule has 0 radical (unpaired) electrons. The van der Waals surface area contributed by atoms with Gasteiger partial charge in [-0.15, -0.1) is 11.3 Å². The van der Waals surface area contributed by atoms with Crippen LogP contribution in [0.25, 0.3) is 0 Å². The summed E-state index contributed by atoms with van der Waals surface area (Å²) < 4.78 is 26.3. The van der Waals surface area contributed by atoms with Crippen LogP contribution in [0.5, 0.6) is 0 Å². The highest BCUT2D eigenvalue weighted by Gasteiger charge is 2.29. The molecule has 0 aromatic carbocycles. The van der Waals surface area contributed by atoms with Gasteiger partial charge >= 0.3 is 5.97 Å². The maximum absolute atomic E-state index is 12.0. The molecule has 0 saturated carbocycles. The van der Waals surface area contributed by atoms with E-state index in [0.29, 0.717) is 0 Å². The summed E-state index contributed by atoms with van der Waals surface area (Å²) in [5, 5.41) is 12.5. The summed E-state index contributed by atoms with van der Waals surface area (Å²) in [4.78, 5) is 22.1. The molecule has 9 heteroatoms. The van der Waals surface area contributed by atoms with Crippen LogP contribution < -0.4 is 10.0 Å². The second-order valence-electron chi connectivity index (χ2n) is 4.74. The third-order valence-corrected chi connectivity index (χ3v) is 5.09. The van der Waals surface area contributed by atoms with Crippen LogP contribution in [0, 0.1) is 5.41 Å². The molecule has 1 amide bonds. The Labute approximate surface area is 121 Å². The molecule has 0 unspecified atom stereocenters. The molecule has 7 nitrogen and oxygen atoms in total. The molecule has 0 atom stereocenters. The van der Waals surface area contributed by atoms with Crippen molar-refractivity contribution < 1.29 is 23.1 Å². The Morgan fingerprint density at radius 1 is 1.40 bits per heavy atom. The van der Waals surface area contributed by atoms with Crippen LogP contribution in [0.2, 0.25) is 0 Å². The lowest BCUT2D eigenvalue weighted by Gasteiger charge is -2.22. The van der Waals surface area contributed by atoms with E-state index in [4.69, 9.17) is 5.11 Å². The number of aromatic carboxylic acids is 1. The van der Waals surface area contributed by atoms with Gasteiger partial charge in [0.05, 0.1) is 10.3 Å². The Bertz CT molecular complexity index is 619. The van der Waals surface area contributed by atoms with Crippen LogP contribution >= 0.6 is 11.3 Å². The van der Waals surface area contributed by atoms with Gasteiger partial charge in [0.25, 0.3) is 0 Å². The molecule has 1 aromatic rings. The van der Waals surface area contributed by atoms with Gasteiger partial charge in [0.2, 0.25) is 15.9 Å². The number of hydrogen-bond donors (Lipinski definition) is 3. The fraction of sp³-hybridized carbons (Fsp3) is 0.455. The molecule has 0 aliphatic rings. The van der Waals surface area contributed by atoms with Crippen molar-refractivity contribution in [1.29, 1.82) is 0 Å². The molecule has 0 spiro atoms. The lowest BCUT2D eigenvalue weighted by Crippen LogP contribution is -2.43. The van der Waals surface area contributed by atoms with Crippen LogP contribution in [-0.4, -0.2) is 39.0 Å². The number of carboxylic acid groups (broad SMARTS) is 1.